The largest absolute Gasteiger partial charge is 0.393 e. The molecule has 0 bridgehead atoms. The van der Waals surface area contributed by atoms with Gasteiger partial charge >= 0.3 is 0 Å². The Morgan fingerprint density at radius 2 is 2.12 bits per heavy atom. The van der Waals surface area contributed by atoms with Crippen molar-refractivity contribution < 1.29 is 14.7 Å². The third kappa shape index (κ3) is 4.00. The van der Waals surface area contributed by atoms with Crippen LogP contribution in [0.3, 0.4) is 0 Å². The number of aliphatic hydroxyl groups excluding tert-OH is 1. The fourth-order valence-corrected chi connectivity index (χ4v) is 2.31. The van der Waals surface area contributed by atoms with Crippen molar-refractivity contribution in [1.29, 1.82) is 0 Å². The summed E-state index contributed by atoms with van der Waals surface area (Å²) < 4.78 is 0. The summed E-state index contributed by atoms with van der Waals surface area (Å²) in [6.45, 7) is 6.16. The van der Waals surface area contributed by atoms with E-state index in [0.717, 1.165) is 6.42 Å². The summed E-state index contributed by atoms with van der Waals surface area (Å²) in [6, 6.07) is -0.0450. The van der Waals surface area contributed by atoms with Gasteiger partial charge in [0.15, 0.2) is 0 Å². The van der Waals surface area contributed by atoms with Crippen LogP contribution in [0.15, 0.2) is 0 Å². The molecule has 0 aromatic rings. The zero-order chi connectivity index (χ0) is 13.0. The van der Waals surface area contributed by atoms with Gasteiger partial charge < -0.3 is 15.3 Å². The van der Waals surface area contributed by atoms with Gasteiger partial charge in [-0.25, -0.2) is 0 Å². The van der Waals surface area contributed by atoms with Crippen LogP contribution in [-0.2, 0) is 9.59 Å². The number of aliphatic hydroxyl groups is 1. The Bertz CT molecular complexity index is 291. The second-order valence-corrected chi connectivity index (χ2v) is 4.79. The Balaban J connectivity index is 2.68. The normalized spacial score (nSPS) is 26.5. The van der Waals surface area contributed by atoms with E-state index in [0.29, 0.717) is 19.5 Å². The molecule has 2 amide bonds. The van der Waals surface area contributed by atoms with Crippen molar-refractivity contribution in [2.45, 2.75) is 45.8 Å². The van der Waals surface area contributed by atoms with Crippen molar-refractivity contribution in [1.82, 2.24) is 10.2 Å². The molecule has 0 saturated carbocycles. The predicted molar refractivity (Wildman–Crippen MR) is 64.3 cm³/mol. The highest BCUT2D eigenvalue weighted by Crippen LogP contribution is 2.20. The molecule has 1 fully saturated rings. The maximum absolute atomic E-state index is 11.7. The van der Waals surface area contributed by atoms with Gasteiger partial charge in [-0.05, 0) is 13.3 Å². The molecule has 1 heterocycles. The second-order valence-electron chi connectivity index (χ2n) is 4.79. The Morgan fingerprint density at radius 3 is 2.59 bits per heavy atom. The van der Waals surface area contributed by atoms with Crippen molar-refractivity contribution in [2.24, 2.45) is 5.92 Å². The molecule has 1 saturated heterocycles. The summed E-state index contributed by atoms with van der Waals surface area (Å²) in [7, 11) is 0. The number of amides is 2. The Hall–Kier alpha value is -1.10. The zero-order valence-corrected chi connectivity index (χ0v) is 10.8. The van der Waals surface area contributed by atoms with Crippen LogP contribution in [0.5, 0.6) is 0 Å². The van der Waals surface area contributed by atoms with E-state index in [1.54, 1.807) is 11.8 Å². The summed E-state index contributed by atoms with van der Waals surface area (Å²) in [4.78, 5) is 24.5. The molecule has 2 N–H and O–H groups in total. The van der Waals surface area contributed by atoms with Crippen molar-refractivity contribution in [3.8, 4) is 0 Å². The lowest BCUT2D eigenvalue weighted by Gasteiger charge is -2.39. The summed E-state index contributed by atoms with van der Waals surface area (Å²) in [5.41, 5.74) is 0. The number of nitrogens with zero attached hydrogens (tertiary/aromatic N) is 1. The molecule has 0 aromatic heterocycles. The monoisotopic (exact) mass is 242 g/mol. The number of carbonyl (C=O) groups excluding carboxylic acids is 2. The number of hydrogen-bond acceptors (Lipinski definition) is 3. The van der Waals surface area contributed by atoms with Gasteiger partial charge in [0.1, 0.15) is 0 Å². The minimum Gasteiger partial charge on any atom is -0.393 e. The highest BCUT2D eigenvalue weighted by atomic mass is 16.3. The van der Waals surface area contributed by atoms with Crippen molar-refractivity contribution in [3.63, 3.8) is 0 Å². The maximum atomic E-state index is 11.7. The lowest BCUT2D eigenvalue weighted by atomic mass is 9.90. The molecule has 1 aliphatic rings. The molecule has 0 radical (unpaired) electrons. The first-order valence-corrected chi connectivity index (χ1v) is 6.17. The van der Waals surface area contributed by atoms with Gasteiger partial charge in [-0.1, -0.05) is 6.92 Å². The highest BCUT2D eigenvalue weighted by Gasteiger charge is 2.31. The summed E-state index contributed by atoms with van der Waals surface area (Å²) in [5.74, 6) is 0.0203. The van der Waals surface area contributed by atoms with E-state index < -0.39 is 6.10 Å². The molecule has 1 aliphatic heterocycles. The van der Waals surface area contributed by atoms with Gasteiger partial charge in [0.05, 0.1) is 6.10 Å². The predicted octanol–water partition coefficient (Wildman–Crippen LogP) is 0.130. The van der Waals surface area contributed by atoms with E-state index >= 15 is 0 Å². The van der Waals surface area contributed by atoms with Gasteiger partial charge in [-0.3, -0.25) is 9.59 Å². The lowest BCUT2D eigenvalue weighted by molar-refractivity contribution is -0.135. The number of piperidine rings is 1. The van der Waals surface area contributed by atoms with Gasteiger partial charge in [-0.15, -0.1) is 0 Å². The number of likely N-dealkylation sites (tertiary alicyclic amines) is 1. The number of carbonyl (C=O) groups is 2. The van der Waals surface area contributed by atoms with Crippen LogP contribution in [0.2, 0.25) is 0 Å². The van der Waals surface area contributed by atoms with Crippen LogP contribution in [0.25, 0.3) is 0 Å². The van der Waals surface area contributed by atoms with Crippen molar-refractivity contribution in [2.75, 3.05) is 13.1 Å². The smallest absolute Gasteiger partial charge is 0.222 e. The molecule has 17 heavy (non-hydrogen) atoms. The molecule has 0 aliphatic carbocycles. The summed E-state index contributed by atoms with van der Waals surface area (Å²) >= 11 is 0. The van der Waals surface area contributed by atoms with E-state index in [1.165, 1.54) is 6.92 Å². The fourth-order valence-electron chi connectivity index (χ4n) is 2.31. The minimum absolute atomic E-state index is 0.0381. The van der Waals surface area contributed by atoms with E-state index in [2.05, 4.69) is 5.32 Å². The molecule has 5 heteroatoms. The molecule has 0 aromatic carbocycles. The van der Waals surface area contributed by atoms with Crippen molar-refractivity contribution >= 4 is 11.8 Å². The SMILES string of the molecule is CCC(=O)N1CC(NC(C)=O)CC(C(C)O)C1. The van der Waals surface area contributed by atoms with Gasteiger partial charge in [0, 0.05) is 38.4 Å². The van der Waals surface area contributed by atoms with E-state index in [4.69, 9.17) is 0 Å². The van der Waals surface area contributed by atoms with Crippen LogP contribution < -0.4 is 5.32 Å². The van der Waals surface area contributed by atoms with E-state index in [-0.39, 0.29) is 23.8 Å². The standard InChI is InChI=1S/C12H22N2O3/c1-4-12(17)14-6-10(8(2)15)5-11(7-14)13-9(3)16/h8,10-11,15H,4-7H2,1-3H3,(H,13,16). The van der Waals surface area contributed by atoms with Gasteiger partial charge in [0.25, 0.3) is 0 Å². The number of hydrogen-bond donors (Lipinski definition) is 2. The topological polar surface area (TPSA) is 69.6 Å². The van der Waals surface area contributed by atoms with Crippen LogP contribution in [0.4, 0.5) is 0 Å². The van der Waals surface area contributed by atoms with Gasteiger partial charge in [-0.2, -0.15) is 0 Å². The number of rotatable bonds is 3. The first-order chi connectivity index (χ1) is 7.93. The lowest BCUT2D eigenvalue weighted by Crippen LogP contribution is -2.53. The second kappa shape index (κ2) is 6.00. The molecule has 0 spiro atoms. The first-order valence-electron chi connectivity index (χ1n) is 6.17. The summed E-state index contributed by atoms with van der Waals surface area (Å²) in [6.07, 6.45) is 0.725. The molecule has 3 atom stereocenters. The van der Waals surface area contributed by atoms with E-state index in [1.807, 2.05) is 6.92 Å². The number of nitrogens with one attached hydrogen (secondary N) is 1. The molecule has 98 valence electrons. The Morgan fingerprint density at radius 1 is 1.47 bits per heavy atom. The molecule has 3 unspecified atom stereocenters. The van der Waals surface area contributed by atoms with Crippen LogP contribution >= 0.6 is 0 Å². The third-order valence-corrected chi connectivity index (χ3v) is 3.23. The van der Waals surface area contributed by atoms with E-state index in [9.17, 15) is 14.7 Å². The maximum Gasteiger partial charge on any atom is 0.222 e. The van der Waals surface area contributed by atoms with Crippen LogP contribution in [0.1, 0.15) is 33.6 Å². The Labute approximate surface area is 102 Å². The van der Waals surface area contributed by atoms with Crippen molar-refractivity contribution in [3.05, 3.63) is 0 Å². The molecule has 5 nitrogen and oxygen atoms in total. The van der Waals surface area contributed by atoms with Gasteiger partial charge in [0.2, 0.25) is 11.8 Å². The van der Waals surface area contributed by atoms with Crippen LogP contribution in [-0.4, -0.2) is 47.1 Å². The highest BCUT2D eigenvalue weighted by molar-refractivity contribution is 5.76. The molecule has 1 rings (SSSR count). The first kappa shape index (κ1) is 14.0. The molecular formula is C12H22N2O3. The average Bonchev–Trinajstić information content (AvgIpc) is 2.26. The zero-order valence-electron chi connectivity index (χ0n) is 10.8. The summed E-state index contributed by atoms with van der Waals surface area (Å²) in [5, 5.41) is 12.5. The average molecular weight is 242 g/mol. The third-order valence-electron chi connectivity index (χ3n) is 3.23. The molecular weight excluding hydrogens is 220 g/mol. The fraction of sp³-hybridized carbons (Fsp3) is 0.833. The quantitative estimate of drug-likeness (QED) is 0.739. The van der Waals surface area contributed by atoms with Crippen LogP contribution in [0, 0.1) is 5.92 Å². The Kier molecular flexibility index (Phi) is 4.93. The minimum atomic E-state index is -0.460.